The Bertz CT molecular complexity index is 608. The Morgan fingerprint density at radius 1 is 1.11 bits per heavy atom. The Morgan fingerprint density at radius 3 is 2.30 bits per heavy atom. The van der Waals surface area contributed by atoms with Gasteiger partial charge in [0.25, 0.3) is 0 Å². The molecule has 150 valence electrons. The molecule has 2 aliphatic heterocycles. The van der Waals surface area contributed by atoms with Crippen molar-refractivity contribution in [3.8, 4) is 0 Å². The van der Waals surface area contributed by atoms with Crippen molar-refractivity contribution in [3.63, 3.8) is 0 Å². The fourth-order valence-corrected chi connectivity index (χ4v) is 4.32. The van der Waals surface area contributed by atoms with Gasteiger partial charge >= 0.3 is 0 Å². The third kappa shape index (κ3) is 4.83. The average Bonchev–Trinajstić information content (AvgIpc) is 2.69. The first-order chi connectivity index (χ1) is 13.0. The molecule has 0 aliphatic carbocycles. The van der Waals surface area contributed by atoms with Crippen LogP contribution in [0.1, 0.15) is 32.3 Å². The second-order valence-corrected chi connectivity index (χ2v) is 8.31. The summed E-state index contributed by atoms with van der Waals surface area (Å²) in [6.07, 6.45) is 1.40. The number of carbonyl (C=O) groups is 1. The molecule has 2 fully saturated rings. The number of rotatable bonds is 6. The minimum atomic E-state index is -0.532. The number of carbonyl (C=O) groups excluding carboxylic acids is 1. The summed E-state index contributed by atoms with van der Waals surface area (Å²) in [5, 5.41) is 3.96. The van der Waals surface area contributed by atoms with Crippen LogP contribution in [0.15, 0.2) is 24.3 Å². The lowest BCUT2D eigenvalue weighted by molar-refractivity contribution is -0.131. The molecule has 27 heavy (non-hydrogen) atoms. The third-order valence-electron chi connectivity index (χ3n) is 5.93. The van der Waals surface area contributed by atoms with Crippen LogP contribution in [-0.4, -0.2) is 62.9 Å². The Hall–Kier alpha value is -1.14. The predicted octanol–water partition coefficient (Wildman–Crippen LogP) is 2.86. The zero-order chi connectivity index (χ0) is 19.3. The Morgan fingerprint density at radius 2 is 1.70 bits per heavy atom. The Balaban J connectivity index is 1.73. The summed E-state index contributed by atoms with van der Waals surface area (Å²) in [5.74, 6) is 0.566. The van der Waals surface area contributed by atoms with Crippen LogP contribution >= 0.6 is 11.6 Å². The highest BCUT2D eigenvalue weighted by Gasteiger charge is 2.42. The summed E-state index contributed by atoms with van der Waals surface area (Å²) >= 11 is 6.06. The minimum Gasteiger partial charge on any atom is -0.381 e. The van der Waals surface area contributed by atoms with Gasteiger partial charge in [-0.25, -0.2) is 0 Å². The second kappa shape index (κ2) is 9.37. The van der Waals surface area contributed by atoms with Crippen LogP contribution in [0.2, 0.25) is 5.02 Å². The monoisotopic (exact) mass is 394 g/mol. The van der Waals surface area contributed by atoms with Crippen molar-refractivity contribution in [3.05, 3.63) is 34.9 Å². The second-order valence-electron chi connectivity index (χ2n) is 7.87. The fraction of sp³-hybridized carbons (Fsp3) is 0.667. The van der Waals surface area contributed by atoms with Gasteiger partial charge in [0.05, 0.1) is 18.6 Å². The molecular weight excluding hydrogens is 364 g/mol. The zero-order valence-electron chi connectivity index (χ0n) is 16.4. The number of nitrogens with zero attached hydrogens (tertiary/aromatic N) is 1. The van der Waals surface area contributed by atoms with Gasteiger partial charge in [0.1, 0.15) is 0 Å². The van der Waals surface area contributed by atoms with Crippen LogP contribution in [0.3, 0.4) is 0 Å². The summed E-state index contributed by atoms with van der Waals surface area (Å²) in [6.45, 7) is 9.69. The smallest absolute Gasteiger partial charge is 0.230 e. The first-order valence-electron chi connectivity index (χ1n) is 9.97. The van der Waals surface area contributed by atoms with Gasteiger partial charge in [-0.1, -0.05) is 37.6 Å². The summed E-state index contributed by atoms with van der Waals surface area (Å²) in [5.41, 5.74) is 0.496. The van der Waals surface area contributed by atoms with Crippen LogP contribution in [0.4, 0.5) is 0 Å². The van der Waals surface area contributed by atoms with E-state index in [-0.39, 0.29) is 5.91 Å². The largest absolute Gasteiger partial charge is 0.381 e. The van der Waals surface area contributed by atoms with Crippen LogP contribution < -0.4 is 5.32 Å². The molecule has 0 aromatic heterocycles. The molecule has 3 rings (SSSR count). The summed E-state index contributed by atoms with van der Waals surface area (Å²) in [6, 6.07) is 8.02. The van der Waals surface area contributed by atoms with Crippen molar-refractivity contribution in [1.29, 1.82) is 0 Å². The van der Waals surface area contributed by atoms with Crippen molar-refractivity contribution >= 4 is 17.5 Å². The third-order valence-corrected chi connectivity index (χ3v) is 6.19. The molecule has 0 radical (unpaired) electrons. The first-order valence-corrected chi connectivity index (χ1v) is 10.3. The van der Waals surface area contributed by atoms with E-state index in [1.54, 1.807) is 0 Å². The molecule has 2 heterocycles. The van der Waals surface area contributed by atoms with Crippen LogP contribution in [0.25, 0.3) is 0 Å². The van der Waals surface area contributed by atoms with Gasteiger partial charge in [0, 0.05) is 43.9 Å². The van der Waals surface area contributed by atoms with E-state index >= 15 is 0 Å². The van der Waals surface area contributed by atoms with E-state index < -0.39 is 5.41 Å². The zero-order valence-corrected chi connectivity index (χ0v) is 17.1. The summed E-state index contributed by atoms with van der Waals surface area (Å²) < 4.78 is 11.0. The molecule has 5 nitrogen and oxygen atoms in total. The van der Waals surface area contributed by atoms with Crippen molar-refractivity contribution in [2.45, 2.75) is 38.1 Å². The lowest BCUT2D eigenvalue weighted by Gasteiger charge is -2.39. The number of halogens is 1. The highest BCUT2D eigenvalue weighted by molar-refractivity contribution is 6.30. The maximum atomic E-state index is 13.4. The van der Waals surface area contributed by atoms with Crippen molar-refractivity contribution in [1.82, 2.24) is 10.2 Å². The van der Waals surface area contributed by atoms with E-state index in [2.05, 4.69) is 24.1 Å². The van der Waals surface area contributed by atoms with Crippen LogP contribution in [0, 0.1) is 5.92 Å². The molecular formula is C21H31ClN2O3. The number of ether oxygens (including phenoxy) is 2. The van der Waals surface area contributed by atoms with Crippen LogP contribution in [-0.2, 0) is 19.7 Å². The topological polar surface area (TPSA) is 50.8 Å². The number of hydrogen-bond donors (Lipinski definition) is 1. The lowest BCUT2D eigenvalue weighted by atomic mass is 9.73. The van der Waals surface area contributed by atoms with Gasteiger partial charge in [-0.05, 0) is 36.5 Å². The molecule has 0 bridgehead atoms. The van der Waals surface area contributed by atoms with E-state index in [9.17, 15) is 4.79 Å². The maximum absolute atomic E-state index is 13.4. The molecule has 1 aromatic carbocycles. The minimum absolute atomic E-state index is 0.104. The van der Waals surface area contributed by atoms with Gasteiger partial charge in [0.2, 0.25) is 5.91 Å². The van der Waals surface area contributed by atoms with Crippen molar-refractivity contribution in [2.75, 3.05) is 46.1 Å². The van der Waals surface area contributed by atoms with E-state index in [0.29, 0.717) is 49.6 Å². The van der Waals surface area contributed by atoms with E-state index in [0.717, 1.165) is 31.9 Å². The van der Waals surface area contributed by atoms with E-state index in [4.69, 9.17) is 21.1 Å². The number of nitrogens with one attached hydrogen (secondary N) is 1. The molecule has 2 saturated heterocycles. The molecule has 1 amide bonds. The Labute approximate surface area is 167 Å². The predicted molar refractivity (Wildman–Crippen MR) is 107 cm³/mol. The van der Waals surface area contributed by atoms with Gasteiger partial charge in [-0.3, -0.25) is 9.69 Å². The van der Waals surface area contributed by atoms with Crippen LogP contribution in [0.5, 0.6) is 0 Å². The summed E-state index contributed by atoms with van der Waals surface area (Å²) in [4.78, 5) is 15.8. The maximum Gasteiger partial charge on any atom is 0.230 e. The van der Waals surface area contributed by atoms with Gasteiger partial charge in [0.15, 0.2) is 0 Å². The number of amides is 1. The Kier molecular flexibility index (Phi) is 7.15. The first kappa shape index (κ1) is 20.6. The van der Waals surface area contributed by atoms with Gasteiger partial charge in [-0.15, -0.1) is 0 Å². The normalized spacial score (nSPS) is 21.8. The van der Waals surface area contributed by atoms with Crippen molar-refractivity contribution in [2.24, 2.45) is 5.92 Å². The standard InChI is InChI=1S/C21H31ClN2O3/c1-16(2)19(24-9-13-27-14-10-24)15-23-20(25)21(7-11-26-12-8-21)17-3-5-18(22)6-4-17/h3-6,16,19H,7-15H2,1-2H3,(H,23,25)/t19-/m0/s1. The molecule has 1 aromatic rings. The lowest BCUT2D eigenvalue weighted by Crippen LogP contribution is -2.54. The molecule has 1 atom stereocenters. The fourth-order valence-electron chi connectivity index (χ4n) is 4.20. The average molecular weight is 395 g/mol. The summed E-state index contributed by atoms with van der Waals surface area (Å²) in [7, 11) is 0. The van der Waals surface area contributed by atoms with E-state index in [1.807, 2.05) is 24.3 Å². The molecule has 0 spiro atoms. The number of morpholine rings is 1. The molecule has 0 unspecified atom stereocenters. The molecule has 0 saturated carbocycles. The molecule has 2 aliphatic rings. The van der Waals surface area contributed by atoms with Crippen molar-refractivity contribution < 1.29 is 14.3 Å². The SMILES string of the molecule is CC(C)[C@H](CNC(=O)C1(c2ccc(Cl)cc2)CCOCC1)N1CCOCC1. The molecule has 6 heteroatoms. The quantitative estimate of drug-likeness (QED) is 0.806. The molecule has 1 N–H and O–H groups in total. The van der Waals surface area contributed by atoms with E-state index in [1.165, 1.54) is 0 Å². The number of benzene rings is 1. The van der Waals surface area contributed by atoms with Gasteiger partial charge in [-0.2, -0.15) is 0 Å². The van der Waals surface area contributed by atoms with Gasteiger partial charge < -0.3 is 14.8 Å². The number of hydrogen-bond acceptors (Lipinski definition) is 4. The highest BCUT2D eigenvalue weighted by atomic mass is 35.5. The highest BCUT2D eigenvalue weighted by Crippen LogP contribution is 2.35.